The third-order valence-corrected chi connectivity index (χ3v) is 5.32. The third kappa shape index (κ3) is 5.62. The van der Waals surface area contributed by atoms with Crippen molar-refractivity contribution in [2.75, 3.05) is 24.3 Å². The van der Waals surface area contributed by atoms with E-state index in [0.717, 1.165) is 12.0 Å². The fourth-order valence-corrected chi connectivity index (χ4v) is 3.76. The van der Waals surface area contributed by atoms with E-state index < -0.39 is 17.7 Å². The molecule has 1 aliphatic rings. The van der Waals surface area contributed by atoms with Gasteiger partial charge in [-0.2, -0.15) is 0 Å². The molecule has 1 aliphatic heterocycles. The standard InChI is InChI=1S/C22H26N6O5/c1-12-4-6-17(14-5-7-18(24-9-14)26-13(2)29)28(11-12)22(32)20(31)27-15-8-16(19(23)30)21(33-3)25-10-15/h5,7-10,12,17H,4,6,11H2,1-3H3,(H2,23,30)(H,27,31)(H,24,26,29)/t12-,17?/m0/s1. The number of nitrogens with two attached hydrogens (primary N) is 1. The summed E-state index contributed by atoms with van der Waals surface area (Å²) in [6.45, 7) is 3.80. The van der Waals surface area contributed by atoms with Crippen LogP contribution in [-0.2, 0) is 14.4 Å². The molecule has 2 aromatic heterocycles. The molecule has 0 saturated carbocycles. The molecule has 1 unspecified atom stereocenters. The maximum atomic E-state index is 13.1. The summed E-state index contributed by atoms with van der Waals surface area (Å²) >= 11 is 0. The molecule has 1 fully saturated rings. The monoisotopic (exact) mass is 454 g/mol. The fraction of sp³-hybridized carbons (Fsp3) is 0.364. The second-order valence-electron chi connectivity index (χ2n) is 7.91. The predicted molar refractivity (Wildman–Crippen MR) is 119 cm³/mol. The summed E-state index contributed by atoms with van der Waals surface area (Å²) in [7, 11) is 1.34. The number of carbonyl (C=O) groups excluding carboxylic acids is 4. The number of pyridine rings is 2. The van der Waals surface area contributed by atoms with Crippen LogP contribution in [0.2, 0.25) is 0 Å². The number of aromatic nitrogens is 2. The second-order valence-corrected chi connectivity index (χ2v) is 7.91. The average molecular weight is 454 g/mol. The Bertz CT molecular complexity index is 1070. The van der Waals surface area contributed by atoms with Gasteiger partial charge in [0.25, 0.3) is 5.91 Å². The van der Waals surface area contributed by atoms with Gasteiger partial charge < -0.3 is 26.0 Å². The van der Waals surface area contributed by atoms with Crippen molar-refractivity contribution in [1.82, 2.24) is 14.9 Å². The van der Waals surface area contributed by atoms with E-state index in [1.54, 1.807) is 18.3 Å². The molecule has 3 rings (SSSR count). The van der Waals surface area contributed by atoms with E-state index in [-0.39, 0.29) is 35.0 Å². The largest absolute Gasteiger partial charge is 0.480 e. The number of carbonyl (C=O) groups is 4. The summed E-state index contributed by atoms with van der Waals surface area (Å²) in [6, 6.07) is 4.41. The minimum atomic E-state index is -0.862. The summed E-state index contributed by atoms with van der Waals surface area (Å²) < 4.78 is 4.98. The van der Waals surface area contributed by atoms with E-state index in [1.807, 2.05) is 6.92 Å². The summed E-state index contributed by atoms with van der Waals surface area (Å²) in [6.07, 6.45) is 4.42. The van der Waals surface area contributed by atoms with Crippen molar-refractivity contribution in [2.45, 2.75) is 32.7 Å². The lowest BCUT2D eigenvalue weighted by molar-refractivity contribution is -0.146. The average Bonchev–Trinajstić information content (AvgIpc) is 2.78. The molecule has 2 atom stereocenters. The van der Waals surface area contributed by atoms with Crippen molar-refractivity contribution in [3.05, 3.63) is 41.7 Å². The number of nitrogens with zero attached hydrogens (tertiary/aromatic N) is 3. The van der Waals surface area contributed by atoms with E-state index in [4.69, 9.17) is 10.5 Å². The molecule has 174 valence electrons. The number of rotatable bonds is 5. The van der Waals surface area contributed by atoms with Crippen LogP contribution in [0.15, 0.2) is 30.6 Å². The number of methoxy groups -OCH3 is 1. The zero-order valence-electron chi connectivity index (χ0n) is 18.6. The first kappa shape index (κ1) is 23.6. The van der Waals surface area contributed by atoms with Gasteiger partial charge >= 0.3 is 11.8 Å². The summed E-state index contributed by atoms with van der Waals surface area (Å²) in [4.78, 5) is 58.4. The molecule has 2 aromatic rings. The number of nitrogens with one attached hydrogen (secondary N) is 2. The van der Waals surface area contributed by atoms with Crippen LogP contribution in [0.4, 0.5) is 11.5 Å². The van der Waals surface area contributed by atoms with Gasteiger partial charge in [-0.1, -0.05) is 13.0 Å². The second kappa shape index (κ2) is 10.1. The minimum absolute atomic E-state index is 0.0162. The number of ether oxygens (including phenoxy) is 1. The maximum absolute atomic E-state index is 13.1. The van der Waals surface area contributed by atoms with Crippen LogP contribution < -0.4 is 21.1 Å². The molecule has 11 heteroatoms. The van der Waals surface area contributed by atoms with Gasteiger partial charge in [0, 0.05) is 19.7 Å². The van der Waals surface area contributed by atoms with Crippen LogP contribution in [0.3, 0.4) is 0 Å². The molecule has 0 radical (unpaired) electrons. The molecule has 4 amide bonds. The van der Waals surface area contributed by atoms with Crippen molar-refractivity contribution >= 4 is 35.1 Å². The first-order valence-corrected chi connectivity index (χ1v) is 10.4. The van der Waals surface area contributed by atoms with Crippen molar-refractivity contribution < 1.29 is 23.9 Å². The minimum Gasteiger partial charge on any atom is -0.480 e. The van der Waals surface area contributed by atoms with Gasteiger partial charge in [0.2, 0.25) is 11.8 Å². The molecule has 33 heavy (non-hydrogen) atoms. The smallest absolute Gasteiger partial charge is 0.313 e. The highest BCUT2D eigenvalue weighted by Crippen LogP contribution is 2.33. The van der Waals surface area contributed by atoms with E-state index in [9.17, 15) is 19.2 Å². The van der Waals surface area contributed by atoms with Crippen LogP contribution in [-0.4, -0.2) is 52.2 Å². The molecule has 0 aromatic carbocycles. The lowest BCUT2D eigenvalue weighted by Gasteiger charge is -2.38. The third-order valence-electron chi connectivity index (χ3n) is 5.32. The summed E-state index contributed by atoms with van der Waals surface area (Å²) in [5.41, 5.74) is 6.22. The van der Waals surface area contributed by atoms with Gasteiger partial charge in [0.15, 0.2) is 0 Å². The molecular formula is C22H26N6O5. The predicted octanol–water partition coefficient (Wildman–Crippen LogP) is 1.48. The lowest BCUT2D eigenvalue weighted by Crippen LogP contribution is -2.46. The topological polar surface area (TPSA) is 157 Å². The molecule has 3 heterocycles. The zero-order valence-corrected chi connectivity index (χ0v) is 18.6. The van der Waals surface area contributed by atoms with Gasteiger partial charge in [-0.05, 0) is 36.5 Å². The van der Waals surface area contributed by atoms with E-state index in [0.29, 0.717) is 18.8 Å². The first-order valence-electron chi connectivity index (χ1n) is 10.4. The van der Waals surface area contributed by atoms with Gasteiger partial charge in [0.05, 0.1) is 25.0 Å². The Balaban J connectivity index is 1.79. The highest BCUT2D eigenvalue weighted by Gasteiger charge is 2.34. The Morgan fingerprint density at radius 2 is 1.88 bits per heavy atom. The lowest BCUT2D eigenvalue weighted by atomic mass is 9.90. The Morgan fingerprint density at radius 3 is 2.48 bits per heavy atom. The van der Waals surface area contributed by atoms with Crippen LogP contribution in [0.25, 0.3) is 0 Å². The number of primary amides is 1. The van der Waals surface area contributed by atoms with E-state index >= 15 is 0 Å². The van der Waals surface area contributed by atoms with Crippen molar-refractivity contribution in [3.8, 4) is 5.88 Å². The molecule has 0 spiro atoms. The number of hydrogen-bond acceptors (Lipinski definition) is 7. The SMILES string of the molecule is COc1ncc(NC(=O)C(=O)N2C[C@@H](C)CCC2c2ccc(NC(C)=O)nc2)cc1C(N)=O. The van der Waals surface area contributed by atoms with E-state index in [1.165, 1.54) is 31.2 Å². The van der Waals surface area contributed by atoms with Gasteiger partial charge in [0.1, 0.15) is 11.4 Å². The molecule has 4 N–H and O–H groups in total. The zero-order chi connectivity index (χ0) is 24.1. The van der Waals surface area contributed by atoms with Gasteiger partial charge in [-0.25, -0.2) is 9.97 Å². The number of anilines is 2. The van der Waals surface area contributed by atoms with Crippen LogP contribution in [0.1, 0.15) is 48.7 Å². The summed E-state index contributed by atoms with van der Waals surface area (Å²) in [5.74, 6) is -1.94. The Labute approximate surface area is 190 Å². The van der Waals surface area contributed by atoms with Crippen LogP contribution in [0.5, 0.6) is 5.88 Å². The van der Waals surface area contributed by atoms with Gasteiger partial charge in [-0.15, -0.1) is 0 Å². The van der Waals surface area contributed by atoms with Crippen LogP contribution in [0, 0.1) is 5.92 Å². The highest BCUT2D eigenvalue weighted by molar-refractivity contribution is 6.39. The fourth-order valence-electron chi connectivity index (χ4n) is 3.76. The number of amides is 4. The molecular weight excluding hydrogens is 428 g/mol. The van der Waals surface area contributed by atoms with Crippen LogP contribution >= 0.6 is 0 Å². The highest BCUT2D eigenvalue weighted by atomic mass is 16.5. The van der Waals surface area contributed by atoms with E-state index in [2.05, 4.69) is 20.6 Å². The Hall–Kier alpha value is -4.02. The first-order chi connectivity index (χ1) is 15.7. The Kier molecular flexibility index (Phi) is 7.21. The molecule has 0 bridgehead atoms. The summed E-state index contributed by atoms with van der Waals surface area (Å²) in [5, 5.41) is 5.08. The maximum Gasteiger partial charge on any atom is 0.313 e. The molecule has 0 aliphatic carbocycles. The number of piperidine rings is 1. The molecule has 11 nitrogen and oxygen atoms in total. The quantitative estimate of drug-likeness (QED) is 0.578. The number of hydrogen-bond donors (Lipinski definition) is 3. The molecule has 1 saturated heterocycles. The van der Waals surface area contributed by atoms with Crippen molar-refractivity contribution in [2.24, 2.45) is 11.7 Å². The van der Waals surface area contributed by atoms with Crippen molar-refractivity contribution in [1.29, 1.82) is 0 Å². The normalized spacial score (nSPS) is 17.7. The number of likely N-dealkylation sites (tertiary alicyclic amines) is 1. The van der Waals surface area contributed by atoms with Gasteiger partial charge in [-0.3, -0.25) is 19.2 Å². The van der Waals surface area contributed by atoms with Crippen molar-refractivity contribution in [3.63, 3.8) is 0 Å². The Morgan fingerprint density at radius 1 is 1.12 bits per heavy atom.